The van der Waals surface area contributed by atoms with Gasteiger partial charge in [-0.15, -0.1) is 0 Å². The molecule has 7 rings (SSSR count). The molecule has 6 nitrogen and oxygen atoms in total. The molecule has 0 N–H and O–H groups in total. The Labute approximate surface area is 303 Å². The Hall–Kier alpha value is -4.84. The van der Waals surface area contributed by atoms with E-state index < -0.39 is 0 Å². The van der Waals surface area contributed by atoms with Crippen LogP contribution in [0.1, 0.15) is 76.4 Å². The number of nitrogens with zero attached hydrogens (tertiary/aromatic N) is 4. The van der Waals surface area contributed by atoms with Gasteiger partial charge in [-0.2, -0.15) is 5.10 Å². The van der Waals surface area contributed by atoms with E-state index in [4.69, 9.17) is 19.6 Å². The number of fused-ring (bicyclic) bond motifs is 3. The highest BCUT2D eigenvalue weighted by Crippen LogP contribution is 2.50. The van der Waals surface area contributed by atoms with E-state index in [9.17, 15) is 0 Å². The summed E-state index contributed by atoms with van der Waals surface area (Å²) in [6, 6.07) is 25.0. The van der Waals surface area contributed by atoms with Crippen molar-refractivity contribution in [3.63, 3.8) is 0 Å². The van der Waals surface area contributed by atoms with Gasteiger partial charge in [0.2, 0.25) is 0 Å². The normalized spacial score (nSPS) is 18.0. The molecule has 0 aliphatic heterocycles. The number of benzene rings is 3. The number of aromatic nitrogens is 4. The van der Waals surface area contributed by atoms with Crippen LogP contribution in [0.15, 0.2) is 90.6 Å². The summed E-state index contributed by atoms with van der Waals surface area (Å²) in [5, 5.41) is 7.52. The summed E-state index contributed by atoms with van der Waals surface area (Å²) in [6.07, 6.45) is 5.63. The summed E-state index contributed by atoms with van der Waals surface area (Å²) < 4.78 is 16.5. The van der Waals surface area contributed by atoms with Gasteiger partial charge in [-0.1, -0.05) is 71.4 Å². The molecule has 3 heterocycles. The van der Waals surface area contributed by atoms with Crippen LogP contribution in [0.25, 0.3) is 33.3 Å². The maximum Gasteiger partial charge on any atom is 0.141 e. The highest BCUT2D eigenvalue weighted by molar-refractivity contribution is 6.09. The van der Waals surface area contributed by atoms with Crippen molar-refractivity contribution in [3.8, 4) is 28.8 Å². The molecular formula is C45H52N4O2. The molecule has 0 amide bonds. The number of hydrogen-bond acceptors (Lipinski definition) is 4. The molecule has 1 aliphatic carbocycles. The molecule has 3 aromatic carbocycles. The average Bonchev–Trinajstić information content (AvgIpc) is 3.59. The van der Waals surface area contributed by atoms with Gasteiger partial charge in [0.1, 0.15) is 23.1 Å². The van der Waals surface area contributed by atoms with E-state index in [2.05, 4.69) is 138 Å². The second-order valence-corrected chi connectivity index (χ2v) is 15.5. The zero-order valence-electron chi connectivity index (χ0n) is 31.9. The molecule has 6 aromatic rings. The second kappa shape index (κ2) is 13.7. The van der Waals surface area contributed by atoms with E-state index >= 15 is 0 Å². The summed E-state index contributed by atoms with van der Waals surface area (Å²) in [5.74, 6) is 6.35. The molecule has 3 aromatic heterocycles. The molecule has 6 heteroatoms. The molecule has 0 radical (unpaired) electrons. The predicted octanol–water partition coefficient (Wildman–Crippen LogP) is 11.7. The van der Waals surface area contributed by atoms with Gasteiger partial charge in [-0.05, 0) is 98.7 Å². The monoisotopic (exact) mass is 680 g/mol. The van der Waals surface area contributed by atoms with Crippen LogP contribution in [0.2, 0.25) is 0 Å². The maximum absolute atomic E-state index is 6.68. The van der Waals surface area contributed by atoms with Crippen molar-refractivity contribution in [1.82, 2.24) is 19.3 Å². The highest BCUT2D eigenvalue weighted by atomic mass is 16.5. The Morgan fingerprint density at radius 2 is 1.53 bits per heavy atom. The van der Waals surface area contributed by atoms with Crippen LogP contribution >= 0.6 is 0 Å². The van der Waals surface area contributed by atoms with Crippen molar-refractivity contribution < 1.29 is 9.47 Å². The van der Waals surface area contributed by atoms with Crippen LogP contribution < -0.4 is 9.47 Å². The van der Waals surface area contributed by atoms with E-state index in [1.165, 1.54) is 17.7 Å². The third-order valence-corrected chi connectivity index (χ3v) is 11.1. The van der Waals surface area contributed by atoms with Crippen LogP contribution in [0.3, 0.4) is 0 Å². The average molecular weight is 681 g/mol. The number of aryl methyl sites for hydroxylation is 2. The highest BCUT2D eigenvalue weighted by Gasteiger charge is 2.39. The lowest BCUT2D eigenvalue weighted by Crippen LogP contribution is -2.31. The predicted molar refractivity (Wildman–Crippen MR) is 210 cm³/mol. The molecule has 0 saturated carbocycles. The van der Waals surface area contributed by atoms with Gasteiger partial charge in [0.25, 0.3) is 0 Å². The maximum atomic E-state index is 6.68. The van der Waals surface area contributed by atoms with Crippen molar-refractivity contribution in [2.24, 2.45) is 29.6 Å². The third kappa shape index (κ3) is 6.34. The fourth-order valence-corrected chi connectivity index (χ4v) is 8.48. The Morgan fingerprint density at radius 1 is 0.765 bits per heavy atom. The number of para-hydroxylation sites is 1. The van der Waals surface area contributed by atoms with Crippen LogP contribution in [0, 0.1) is 50.4 Å². The fourth-order valence-electron chi connectivity index (χ4n) is 8.48. The molecule has 1 aliphatic rings. The first kappa shape index (κ1) is 34.6. The quantitative estimate of drug-likeness (QED) is 0.143. The van der Waals surface area contributed by atoms with Gasteiger partial charge in [0.15, 0.2) is 0 Å². The van der Waals surface area contributed by atoms with E-state index in [-0.39, 0.29) is 0 Å². The fraction of sp³-hybridized carbons (Fsp3) is 0.378. The van der Waals surface area contributed by atoms with Crippen LogP contribution in [0.5, 0.6) is 17.2 Å². The first-order valence-corrected chi connectivity index (χ1v) is 18.6. The molecule has 0 fully saturated rings. The van der Waals surface area contributed by atoms with Gasteiger partial charge in [-0.25, -0.2) is 9.67 Å². The molecule has 0 spiro atoms. The summed E-state index contributed by atoms with van der Waals surface area (Å²) in [4.78, 5) is 4.72. The first-order valence-electron chi connectivity index (χ1n) is 18.6. The minimum absolute atomic E-state index is 0.367. The van der Waals surface area contributed by atoms with Gasteiger partial charge in [-0.3, -0.25) is 4.57 Å². The molecule has 0 saturated heterocycles. The number of hydrogen-bond donors (Lipinski definition) is 0. The van der Waals surface area contributed by atoms with E-state index in [0.29, 0.717) is 35.5 Å². The number of rotatable bonds is 9. The van der Waals surface area contributed by atoms with Crippen LogP contribution in [-0.4, -0.2) is 26.4 Å². The summed E-state index contributed by atoms with van der Waals surface area (Å²) >= 11 is 0. The molecule has 264 valence electrons. The van der Waals surface area contributed by atoms with E-state index in [0.717, 1.165) is 61.8 Å². The molecule has 3 atom stereocenters. The summed E-state index contributed by atoms with van der Waals surface area (Å²) in [6.45, 7) is 20.9. The van der Waals surface area contributed by atoms with E-state index in [1.807, 2.05) is 12.1 Å². The zero-order chi connectivity index (χ0) is 36.1. The van der Waals surface area contributed by atoms with Gasteiger partial charge in [0, 0.05) is 52.3 Å². The number of allylic oxidation sites excluding steroid dienone is 2. The van der Waals surface area contributed by atoms with Crippen molar-refractivity contribution in [3.05, 3.63) is 113 Å². The third-order valence-electron chi connectivity index (χ3n) is 11.1. The molecule has 51 heavy (non-hydrogen) atoms. The minimum atomic E-state index is 0.367. The van der Waals surface area contributed by atoms with Crippen molar-refractivity contribution >= 4 is 21.8 Å². The van der Waals surface area contributed by atoms with Crippen LogP contribution in [-0.2, 0) is 0 Å². The Bertz CT molecular complexity index is 2250. The lowest BCUT2D eigenvalue weighted by atomic mass is 9.63. The lowest BCUT2D eigenvalue weighted by molar-refractivity contribution is 0.232. The number of methoxy groups -OCH3 is 1. The largest absolute Gasteiger partial charge is 0.497 e. The van der Waals surface area contributed by atoms with Gasteiger partial charge in [0.05, 0.1) is 29.5 Å². The second-order valence-electron chi connectivity index (χ2n) is 15.5. The number of pyridine rings is 1. The van der Waals surface area contributed by atoms with Crippen molar-refractivity contribution in [2.45, 2.75) is 74.7 Å². The Balaban J connectivity index is 1.28. The lowest BCUT2D eigenvalue weighted by Gasteiger charge is -2.41. The molecular weight excluding hydrogens is 629 g/mol. The van der Waals surface area contributed by atoms with Gasteiger partial charge >= 0.3 is 0 Å². The summed E-state index contributed by atoms with van der Waals surface area (Å²) in [7, 11) is 1.68. The Morgan fingerprint density at radius 3 is 2.25 bits per heavy atom. The topological polar surface area (TPSA) is 54.1 Å². The van der Waals surface area contributed by atoms with E-state index in [1.54, 1.807) is 18.9 Å². The number of ether oxygens (including phenoxy) is 2. The summed E-state index contributed by atoms with van der Waals surface area (Å²) in [5.41, 5.74) is 9.53. The minimum Gasteiger partial charge on any atom is -0.497 e. The SMILES string of the molecule is COc1ccnc(-n2c3ccccc3c3ccc(Oc4cc(C)cc(-n5nc(C)c(C6C(C(C)C)=C[C@@H](C(C)C)C[C@@H]6C(C)C)c5C)c4)cc32)c1. The van der Waals surface area contributed by atoms with Crippen LogP contribution in [0.4, 0.5) is 0 Å². The Kier molecular flexibility index (Phi) is 9.30. The smallest absolute Gasteiger partial charge is 0.141 e. The van der Waals surface area contributed by atoms with Crippen molar-refractivity contribution in [1.29, 1.82) is 0 Å². The van der Waals surface area contributed by atoms with Gasteiger partial charge < -0.3 is 9.47 Å². The first-order chi connectivity index (χ1) is 24.4. The standard InChI is InChI=1S/C45H52N4O2/c1-26(2)32-21-39(27(3)4)45(40(22-32)28(5)6)44-30(8)47-49(31(44)9)33-19-29(7)20-36(23-33)51-35-15-16-38-37-13-11-12-14-41(37)48(42(38)24-35)43-25-34(50-10)17-18-46-43/h11-21,23-28,32,40,45H,22H2,1-10H3/t32-,40-,45?/m1/s1. The molecule has 0 bridgehead atoms. The molecule has 1 unspecified atom stereocenters. The zero-order valence-corrected chi connectivity index (χ0v) is 31.9. The van der Waals surface area contributed by atoms with Crippen molar-refractivity contribution in [2.75, 3.05) is 7.11 Å².